The summed E-state index contributed by atoms with van der Waals surface area (Å²) in [5.41, 5.74) is 7.89. The summed E-state index contributed by atoms with van der Waals surface area (Å²) in [6.07, 6.45) is 2.83. The zero-order valence-electron chi connectivity index (χ0n) is 19.0. The molecule has 0 radical (unpaired) electrons. The molecule has 0 unspecified atom stereocenters. The Labute approximate surface area is 207 Å². The Morgan fingerprint density at radius 2 is 2.06 bits per heavy atom. The molecule has 3 aromatic rings. The van der Waals surface area contributed by atoms with Crippen LogP contribution < -0.4 is 15.8 Å². The lowest BCUT2D eigenvalue weighted by atomic mass is 10.2. The van der Waals surface area contributed by atoms with Crippen molar-refractivity contribution in [3.8, 4) is 5.75 Å². The van der Waals surface area contributed by atoms with Gasteiger partial charge in [0.15, 0.2) is 0 Å². The van der Waals surface area contributed by atoms with Crippen LogP contribution in [0.25, 0.3) is 0 Å². The molecule has 184 valence electrons. The number of aromatic nitrogens is 2. The summed E-state index contributed by atoms with van der Waals surface area (Å²) < 4.78 is 24.4. The molecule has 3 N–H and O–H groups in total. The number of nitrogens with two attached hydrogens (primary N) is 1. The zero-order valence-corrected chi connectivity index (χ0v) is 19.7. The van der Waals surface area contributed by atoms with E-state index in [0.717, 1.165) is 32.8 Å². The topological polar surface area (TPSA) is 107 Å². The normalized spacial score (nSPS) is 14.2. The number of hydrogen-bond acceptors (Lipinski definition) is 9. The van der Waals surface area contributed by atoms with Crippen molar-refractivity contribution < 1.29 is 18.7 Å². The van der Waals surface area contributed by atoms with Gasteiger partial charge in [-0.2, -0.15) is 0 Å². The Morgan fingerprint density at radius 1 is 1.20 bits per heavy atom. The fraction of sp³-hybridized carbons (Fsp3) is 0.292. The molecule has 0 saturated carbocycles. The smallest absolute Gasteiger partial charge is 0.144 e. The van der Waals surface area contributed by atoms with Crippen LogP contribution in [0.15, 0.2) is 53.9 Å². The maximum atomic E-state index is 13.4. The second kappa shape index (κ2) is 12.3. The fourth-order valence-corrected chi connectivity index (χ4v) is 3.63. The number of nitrogens with one attached hydrogen (secondary N) is 1. The predicted molar refractivity (Wildman–Crippen MR) is 133 cm³/mol. The summed E-state index contributed by atoms with van der Waals surface area (Å²) in [5, 5.41) is 7.57. The molecule has 0 atom stereocenters. The van der Waals surface area contributed by atoms with Gasteiger partial charge in [0.25, 0.3) is 0 Å². The molecular weight excluding hydrogens is 475 g/mol. The SMILES string of the molecule is Nc1ncnc(Nc2ccc(OCc3cccc(F)c3)c(Cl)c2)c1C=NOCCN1CCOCC1. The first-order valence-corrected chi connectivity index (χ1v) is 11.5. The molecule has 35 heavy (non-hydrogen) atoms. The van der Waals surface area contributed by atoms with Crippen molar-refractivity contribution in [2.45, 2.75) is 6.61 Å². The van der Waals surface area contributed by atoms with Crippen molar-refractivity contribution in [1.82, 2.24) is 14.9 Å². The molecule has 0 bridgehead atoms. The Hall–Kier alpha value is -3.47. The van der Waals surface area contributed by atoms with Crippen LogP contribution in [0.3, 0.4) is 0 Å². The molecule has 9 nitrogen and oxygen atoms in total. The number of ether oxygens (including phenoxy) is 2. The van der Waals surface area contributed by atoms with E-state index in [1.54, 1.807) is 30.3 Å². The average Bonchev–Trinajstić information content (AvgIpc) is 2.85. The van der Waals surface area contributed by atoms with Crippen molar-refractivity contribution in [2.75, 3.05) is 50.5 Å². The standard InChI is InChI=1S/C24H26ClFN6O3/c25-21-13-19(4-5-22(21)34-15-17-2-1-3-18(26)12-17)31-24-20(23(27)28-16-29-24)14-30-35-11-8-32-6-9-33-10-7-32/h1-5,12-14,16H,6-11,15H2,(H3,27,28,29,31). The summed E-state index contributed by atoms with van der Waals surface area (Å²) in [4.78, 5) is 15.9. The monoisotopic (exact) mass is 500 g/mol. The maximum absolute atomic E-state index is 13.4. The molecule has 0 aliphatic carbocycles. The first-order chi connectivity index (χ1) is 17.1. The molecule has 1 aromatic heterocycles. The first-order valence-electron chi connectivity index (χ1n) is 11.1. The molecular formula is C24H26ClFN6O3. The lowest BCUT2D eigenvalue weighted by molar-refractivity contribution is 0.0214. The number of oxime groups is 1. The third-order valence-corrected chi connectivity index (χ3v) is 5.55. The van der Waals surface area contributed by atoms with Crippen LogP contribution in [-0.4, -0.2) is 60.5 Å². The second-order valence-electron chi connectivity index (χ2n) is 7.73. The van der Waals surface area contributed by atoms with E-state index in [9.17, 15) is 4.39 Å². The van der Waals surface area contributed by atoms with E-state index in [0.29, 0.717) is 40.0 Å². The molecule has 0 amide bonds. The van der Waals surface area contributed by atoms with Crippen molar-refractivity contribution >= 4 is 35.1 Å². The summed E-state index contributed by atoms with van der Waals surface area (Å²) in [6.45, 7) is 4.65. The number of morpholine rings is 1. The average molecular weight is 501 g/mol. The number of benzene rings is 2. The van der Waals surface area contributed by atoms with Gasteiger partial charge in [0.1, 0.15) is 42.7 Å². The van der Waals surface area contributed by atoms with Gasteiger partial charge in [-0.25, -0.2) is 14.4 Å². The molecule has 1 fully saturated rings. The minimum absolute atomic E-state index is 0.193. The van der Waals surface area contributed by atoms with E-state index in [1.807, 2.05) is 0 Å². The highest BCUT2D eigenvalue weighted by molar-refractivity contribution is 6.32. The lowest BCUT2D eigenvalue weighted by Crippen LogP contribution is -2.38. The Bertz CT molecular complexity index is 1160. The van der Waals surface area contributed by atoms with Gasteiger partial charge in [0, 0.05) is 25.3 Å². The maximum Gasteiger partial charge on any atom is 0.144 e. The summed E-state index contributed by atoms with van der Waals surface area (Å²) in [6, 6.07) is 11.4. The van der Waals surface area contributed by atoms with Crippen LogP contribution in [0.1, 0.15) is 11.1 Å². The van der Waals surface area contributed by atoms with Crippen LogP contribution >= 0.6 is 11.6 Å². The number of rotatable bonds is 10. The number of hydrogen-bond donors (Lipinski definition) is 2. The molecule has 1 aliphatic rings. The van der Waals surface area contributed by atoms with E-state index >= 15 is 0 Å². The van der Waals surface area contributed by atoms with Crippen LogP contribution in [0.4, 0.5) is 21.7 Å². The quantitative estimate of drug-likeness (QED) is 0.245. The second-order valence-corrected chi connectivity index (χ2v) is 8.14. The molecule has 0 spiro atoms. The van der Waals surface area contributed by atoms with Crippen molar-refractivity contribution in [3.63, 3.8) is 0 Å². The van der Waals surface area contributed by atoms with E-state index in [4.69, 9.17) is 31.6 Å². The number of halogens is 2. The van der Waals surface area contributed by atoms with Gasteiger partial charge in [0.2, 0.25) is 0 Å². The van der Waals surface area contributed by atoms with E-state index in [2.05, 4.69) is 25.3 Å². The molecule has 1 saturated heterocycles. The summed E-state index contributed by atoms with van der Waals surface area (Å²) >= 11 is 6.39. The highest BCUT2D eigenvalue weighted by Gasteiger charge is 2.11. The molecule has 1 aliphatic heterocycles. The number of nitrogens with zero attached hydrogens (tertiary/aromatic N) is 4. The van der Waals surface area contributed by atoms with Crippen molar-refractivity contribution in [2.24, 2.45) is 5.16 Å². The molecule has 11 heteroatoms. The third kappa shape index (κ3) is 7.25. The third-order valence-electron chi connectivity index (χ3n) is 5.25. The molecule has 4 rings (SSSR count). The number of anilines is 3. The van der Waals surface area contributed by atoms with E-state index in [1.165, 1.54) is 24.7 Å². The van der Waals surface area contributed by atoms with E-state index in [-0.39, 0.29) is 18.2 Å². The van der Waals surface area contributed by atoms with Crippen LogP contribution in [-0.2, 0) is 16.2 Å². The highest BCUT2D eigenvalue weighted by atomic mass is 35.5. The zero-order chi connectivity index (χ0) is 24.5. The van der Waals surface area contributed by atoms with Crippen LogP contribution in [0.5, 0.6) is 5.75 Å². The van der Waals surface area contributed by atoms with Gasteiger partial charge in [-0.1, -0.05) is 28.9 Å². The molecule has 2 aromatic carbocycles. The number of nitrogen functional groups attached to an aromatic ring is 1. The van der Waals surface area contributed by atoms with Gasteiger partial charge >= 0.3 is 0 Å². The van der Waals surface area contributed by atoms with Crippen molar-refractivity contribution in [3.05, 3.63) is 70.8 Å². The van der Waals surface area contributed by atoms with Gasteiger partial charge in [0.05, 0.1) is 30.0 Å². The Kier molecular flexibility index (Phi) is 8.66. The lowest BCUT2D eigenvalue weighted by Gasteiger charge is -2.25. The van der Waals surface area contributed by atoms with Gasteiger partial charge in [-0.05, 0) is 35.9 Å². The largest absolute Gasteiger partial charge is 0.487 e. The molecule has 2 heterocycles. The van der Waals surface area contributed by atoms with Crippen molar-refractivity contribution in [1.29, 1.82) is 0 Å². The first kappa shape index (κ1) is 24.6. The van der Waals surface area contributed by atoms with Crippen LogP contribution in [0.2, 0.25) is 5.02 Å². The Morgan fingerprint density at radius 3 is 2.86 bits per heavy atom. The minimum Gasteiger partial charge on any atom is -0.487 e. The predicted octanol–water partition coefficient (Wildman–Crippen LogP) is 3.86. The van der Waals surface area contributed by atoms with Gasteiger partial charge < -0.3 is 25.4 Å². The summed E-state index contributed by atoms with van der Waals surface area (Å²) in [7, 11) is 0. The Balaban J connectivity index is 1.36. The van der Waals surface area contributed by atoms with Gasteiger partial charge in [-0.3, -0.25) is 4.90 Å². The highest BCUT2D eigenvalue weighted by Crippen LogP contribution is 2.30. The van der Waals surface area contributed by atoms with E-state index < -0.39 is 0 Å². The fourth-order valence-electron chi connectivity index (χ4n) is 3.39. The minimum atomic E-state index is -0.317. The summed E-state index contributed by atoms with van der Waals surface area (Å²) in [5.74, 6) is 0.855. The van der Waals surface area contributed by atoms with Gasteiger partial charge in [-0.15, -0.1) is 0 Å². The van der Waals surface area contributed by atoms with Crippen LogP contribution in [0, 0.1) is 5.82 Å².